The van der Waals surface area contributed by atoms with Crippen LogP contribution < -0.4 is 5.73 Å². The molecule has 2 aromatic rings. The number of benzene rings is 1. The van der Waals surface area contributed by atoms with Crippen LogP contribution in [-0.4, -0.2) is 11.7 Å². The molecule has 3 heteroatoms. The standard InChI is InChI=1S/C13H17NOS/c1-9(2)13(15,8-14)11-5-3-4-10-6-7-16-12(10)11/h3-7,9,15H,8,14H2,1-2H3. The minimum absolute atomic E-state index is 0.102. The van der Waals surface area contributed by atoms with Crippen LogP contribution in [0.4, 0.5) is 0 Å². The molecule has 0 bridgehead atoms. The van der Waals surface area contributed by atoms with Crippen molar-refractivity contribution in [1.82, 2.24) is 0 Å². The maximum Gasteiger partial charge on any atom is 0.105 e. The first-order chi connectivity index (χ1) is 7.59. The van der Waals surface area contributed by atoms with Crippen molar-refractivity contribution in [2.24, 2.45) is 11.7 Å². The third-order valence-electron chi connectivity index (χ3n) is 3.21. The second-order valence-corrected chi connectivity index (χ2v) is 5.34. The molecule has 0 aliphatic heterocycles. The molecule has 0 aliphatic carbocycles. The molecular formula is C13H17NOS. The predicted molar refractivity (Wildman–Crippen MR) is 69.6 cm³/mol. The molecule has 1 heterocycles. The van der Waals surface area contributed by atoms with Gasteiger partial charge in [-0.25, -0.2) is 0 Å². The second kappa shape index (κ2) is 4.17. The molecule has 0 aliphatic rings. The fraction of sp³-hybridized carbons (Fsp3) is 0.385. The third-order valence-corrected chi connectivity index (χ3v) is 4.18. The highest BCUT2D eigenvalue weighted by molar-refractivity contribution is 7.17. The van der Waals surface area contributed by atoms with Gasteiger partial charge in [0.25, 0.3) is 0 Å². The Labute approximate surface area is 99.7 Å². The van der Waals surface area contributed by atoms with E-state index in [0.29, 0.717) is 0 Å². The molecule has 3 N–H and O–H groups in total. The predicted octanol–water partition coefficient (Wildman–Crippen LogP) is 2.70. The van der Waals surface area contributed by atoms with Gasteiger partial charge in [-0.1, -0.05) is 32.0 Å². The van der Waals surface area contributed by atoms with Crippen molar-refractivity contribution in [2.45, 2.75) is 19.4 Å². The Bertz CT molecular complexity index is 491. The highest BCUT2D eigenvalue weighted by atomic mass is 32.1. The van der Waals surface area contributed by atoms with E-state index in [1.165, 1.54) is 5.39 Å². The van der Waals surface area contributed by atoms with Crippen LogP contribution in [0.25, 0.3) is 10.1 Å². The average molecular weight is 235 g/mol. The monoisotopic (exact) mass is 235 g/mol. The largest absolute Gasteiger partial charge is 0.384 e. The van der Waals surface area contributed by atoms with E-state index in [0.717, 1.165) is 10.3 Å². The number of nitrogens with two attached hydrogens (primary N) is 1. The van der Waals surface area contributed by atoms with Gasteiger partial charge in [-0.3, -0.25) is 0 Å². The number of rotatable bonds is 3. The van der Waals surface area contributed by atoms with Gasteiger partial charge in [0.2, 0.25) is 0 Å². The van der Waals surface area contributed by atoms with Crippen molar-refractivity contribution in [1.29, 1.82) is 0 Å². The molecule has 1 aromatic carbocycles. The summed E-state index contributed by atoms with van der Waals surface area (Å²) in [6.07, 6.45) is 0. The molecule has 0 radical (unpaired) electrons. The summed E-state index contributed by atoms with van der Waals surface area (Å²) >= 11 is 1.66. The zero-order chi connectivity index (χ0) is 11.8. The molecule has 86 valence electrons. The zero-order valence-electron chi connectivity index (χ0n) is 9.60. The molecule has 0 saturated heterocycles. The lowest BCUT2D eigenvalue weighted by atomic mass is 9.83. The number of fused-ring (bicyclic) bond motifs is 1. The normalized spacial score (nSPS) is 15.6. The fourth-order valence-electron chi connectivity index (χ4n) is 1.99. The van der Waals surface area contributed by atoms with Gasteiger partial charge < -0.3 is 10.8 Å². The Hall–Kier alpha value is -0.900. The second-order valence-electron chi connectivity index (χ2n) is 4.43. The number of aliphatic hydroxyl groups is 1. The van der Waals surface area contributed by atoms with Crippen molar-refractivity contribution in [2.75, 3.05) is 6.54 Å². The maximum absolute atomic E-state index is 10.7. The molecule has 1 atom stereocenters. The summed E-state index contributed by atoms with van der Waals surface area (Å²) in [4.78, 5) is 0. The summed E-state index contributed by atoms with van der Waals surface area (Å²) in [6.45, 7) is 4.25. The van der Waals surface area contributed by atoms with Crippen molar-refractivity contribution in [3.63, 3.8) is 0 Å². The topological polar surface area (TPSA) is 46.2 Å². The lowest BCUT2D eigenvalue weighted by Crippen LogP contribution is -2.39. The van der Waals surface area contributed by atoms with Crippen LogP contribution in [0.2, 0.25) is 0 Å². The number of hydrogen-bond donors (Lipinski definition) is 2. The molecular weight excluding hydrogens is 218 g/mol. The number of thiophene rings is 1. The molecule has 16 heavy (non-hydrogen) atoms. The fourth-order valence-corrected chi connectivity index (χ4v) is 2.99. The van der Waals surface area contributed by atoms with Crippen LogP contribution >= 0.6 is 11.3 Å². The highest BCUT2D eigenvalue weighted by Gasteiger charge is 2.33. The van der Waals surface area contributed by atoms with Crippen LogP contribution in [0.15, 0.2) is 29.6 Å². The van der Waals surface area contributed by atoms with E-state index in [2.05, 4.69) is 12.1 Å². The molecule has 0 fully saturated rings. The minimum Gasteiger partial charge on any atom is -0.384 e. The Morgan fingerprint density at radius 3 is 2.75 bits per heavy atom. The van der Waals surface area contributed by atoms with Crippen LogP contribution in [0.5, 0.6) is 0 Å². The van der Waals surface area contributed by atoms with Gasteiger partial charge in [0.1, 0.15) is 5.60 Å². The first kappa shape index (κ1) is 11.6. The van der Waals surface area contributed by atoms with E-state index in [1.54, 1.807) is 11.3 Å². The molecule has 2 rings (SSSR count). The smallest absolute Gasteiger partial charge is 0.105 e. The molecule has 1 unspecified atom stereocenters. The van der Waals surface area contributed by atoms with Gasteiger partial charge in [-0.15, -0.1) is 11.3 Å². The van der Waals surface area contributed by atoms with Gasteiger partial charge in [0.05, 0.1) is 0 Å². The van der Waals surface area contributed by atoms with Gasteiger partial charge in [0, 0.05) is 16.8 Å². The summed E-state index contributed by atoms with van der Waals surface area (Å²) in [5.74, 6) is 0.102. The van der Waals surface area contributed by atoms with Crippen LogP contribution in [-0.2, 0) is 5.60 Å². The van der Waals surface area contributed by atoms with Crippen LogP contribution in [0, 0.1) is 5.92 Å². The number of hydrogen-bond acceptors (Lipinski definition) is 3. The van der Waals surface area contributed by atoms with Gasteiger partial charge >= 0.3 is 0 Å². The lowest BCUT2D eigenvalue weighted by molar-refractivity contribution is 0.000423. The minimum atomic E-state index is -0.926. The van der Waals surface area contributed by atoms with E-state index in [4.69, 9.17) is 5.73 Å². The maximum atomic E-state index is 10.7. The van der Waals surface area contributed by atoms with Crippen LogP contribution in [0.3, 0.4) is 0 Å². The highest BCUT2D eigenvalue weighted by Crippen LogP contribution is 2.36. The zero-order valence-corrected chi connectivity index (χ0v) is 10.4. The van der Waals surface area contributed by atoms with E-state index in [-0.39, 0.29) is 12.5 Å². The summed E-state index contributed by atoms with van der Waals surface area (Å²) in [7, 11) is 0. The van der Waals surface area contributed by atoms with Crippen LogP contribution in [0.1, 0.15) is 19.4 Å². The Morgan fingerprint density at radius 1 is 1.38 bits per heavy atom. The van der Waals surface area contributed by atoms with E-state index in [1.807, 2.05) is 31.4 Å². The SMILES string of the molecule is CC(C)C(O)(CN)c1cccc2ccsc12. The summed E-state index contributed by atoms with van der Waals surface area (Å²) in [5.41, 5.74) is 5.78. The van der Waals surface area contributed by atoms with E-state index in [9.17, 15) is 5.11 Å². The lowest BCUT2D eigenvalue weighted by Gasteiger charge is -2.31. The first-order valence-electron chi connectivity index (χ1n) is 5.48. The quantitative estimate of drug-likeness (QED) is 0.859. The van der Waals surface area contributed by atoms with Gasteiger partial charge in [-0.2, -0.15) is 0 Å². The summed E-state index contributed by atoms with van der Waals surface area (Å²) < 4.78 is 1.14. The Morgan fingerprint density at radius 2 is 2.12 bits per heavy atom. The molecule has 0 saturated carbocycles. The van der Waals surface area contributed by atoms with E-state index >= 15 is 0 Å². The summed E-state index contributed by atoms with van der Waals surface area (Å²) in [5, 5.41) is 13.9. The Kier molecular flexibility index (Phi) is 3.02. The molecule has 0 spiro atoms. The third kappa shape index (κ3) is 1.65. The summed E-state index contributed by atoms with van der Waals surface area (Å²) in [6, 6.07) is 8.09. The van der Waals surface area contributed by atoms with Crippen molar-refractivity contribution >= 4 is 21.4 Å². The van der Waals surface area contributed by atoms with Crippen molar-refractivity contribution < 1.29 is 5.11 Å². The van der Waals surface area contributed by atoms with Crippen molar-refractivity contribution in [3.05, 3.63) is 35.2 Å². The van der Waals surface area contributed by atoms with E-state index < -0.39 is 5.60 Å². The molecule has 2 nitrogen and oxygen atoms in total. The van der Waals surface area contributed by atoms with Gasteiger partial charge in [0.15, 0.2) is 0 Å². The first-order valence-corrected chi connectivity index (χ1v) is 6.36. The molecule has 0 amide bonds. The van der Waals surface area contributed by atoms with Crippen molar-refractivity contribution in [3.8, 4) is 0 Å². The average Bonchev–Trinajstić information content (AvgIpc) is 2.75. The Balaban J connectivity index is 2.65. The molecule has 1 aromatic heterocycles. The van der Waals surface area contributed by atoms with Gasteiger partial charge in [-0.05, 0) is 22.8 Å².